The third-order valence-corrected chi connectivity index (χ3v) is 5.16. The normalized spacial score (nSPS) is 39.2. The van der Waals surface area contributed by atoms with Crippen molar-refractivity contribution in [2.45, 2.75) is 83.6 Å². The Morgan fingerprint density at radius 1 is 0.882 bits per heavy atom. The molecule has 2 rings (SSSR count). The standard InChI is InChI=1S/C16H31N/c1-13-4-2-6-15(12-13)7-3-5-14-8-10-16(17)11-9-14/h13-16H,2-12,17H2,1H3/t13-,14-,15-,16-/m0/s1. The molecule has 1 heteroatoms. The fraction of sp³-hybridized carbons (Fsp3) is 1.00. The fourth-order valence-electron chi connectivity index (χ4n) is 3.99. The molecule has 0 radical (unpaired) electrons. The topological polar surface area (TPSA) is 26.0 Å². The van der Waals surface area contributed by atoms with E-state index >= 15 is 0 Å². The molecular weight excluding hydrogens is 206 g/mol. The zero-order valence-corrected chi connectivity index (χ0v) is 11.7. The smallest absolute Gasteiger partial charge is 0.00390 e. The van der Waals surface area contributed by atoms with E-state index in [9.17, 15) is 0 Å². The molecule has 0 aromatic rings. The first-order chi connectivity index (χ1) is 8.24. The molecule has 2 saturated carbocycles. The molecule has 2 N–H and O–H groups in total. The summed E-state index contributed by atoms with van der Waals surface area (Å²) in [4.78, 5) is 0. The summed E-state index contributed by atoms with van der Waals surface area (Å²) in [6.45, 7) is 2.44. The molecule has 17 heavy (non-hydrogen) atoms. The first-order valence-electron chi connectivity index (χ1n) is 7.99. The lowest BCUT2D eigenvalue weighted by atomic mass is 9.78. The van der Waals surface area contributed by atoms with Gasteiger partial charge in [-0.2, -0.15) is 0 Å². The highest BCUT2D eigenvalue weighted by Crippen LogP contribution is 2.33. The molecule has 2 aliphatic carbocycles. The van der Waals surface area contributed by atoms with Gasteiger partial charge >= 0.3 is 0 Å². The minimum Gasteiger partial charge on any atom is -0.328 e. The molecule has 0 heterocycles. The van der Waals surface area contributed by atoms with Crippen molar-refractivity contribution < 1.29 is 0 Å². The number of hydrogen-bond acceptors (Lipinski definition) is 1. The van der Waals surface area contributed by atoms with Crippen molar-refractivity contribution in [2.75, 3.05) is 0 Å². The predicted octanol–water partition coefficient (Wildman–Crippen LogP) is 4.50. The number of nitrogens with two attached hydrogens (primary N) is 1. The van der Waals surface area contributed by atoms with Crippen molar-refractivity contribution in [1.82, 2.24) is 0 Å². The van der Waals surface area contributed by atoms with Crippen LogP contribution in [0.5, 0.6) is 0 Å². The van der Waals surface area contributed by atoms with Crippen LogP contribution in [-0.2, 0) is 0 Å². The zero-order valence-electron chi connectivity index (χ0n) is 11.7. The quantitative estimate of drug-likeness (QED) is 0.765. The highest BCUT2D eigenvalue weighted by molar-refractivity contribution is 4.75. The molecule has 2 aliphatic rings. The van der Waals surface area contributed by atoms with E-state index in [-0.39, 0.29) is 0 Å². The number of rotatable bonds is 4. The Bertz CT molecular complexity index is 206. The van der Waals surface area contributed by atoms with Gasteiger partial charge in [0.25, 0.3) is 0 Å². The molecule has 0 amide bonds. The summed E-state index contributed by atoms with van der Waals surface area (Å²) in [7, 11) is 0. The van der Waals surface area contributed by atoms with Crippen LogP contribution in [0.2, 0.25) is 0 Å². The highest BCUT2D eigenvalue weighted by Gasteiger charge is 2.21. The molecule has 0 spiro atoms. The van der Waals surface area contributed by atoms with Gasteiger partial charge in [-0.3, -0.25) is 0 Å². The van der Waals surface area contributed by atoms with E-state index in [2.05, 4.69) is 6.92 Å². The summed E-state index contributed by atoms with van der Waals surface area (Å²) in [6, 6.07) is 0.519. The summed E-state index contributed by atoms with van der Waals surface area (Å²) in [5, 5.41) is 0. The van der Waals surface area contributed by atoms with Gasteiger partial charge in [0.2, 0.25) is 0 Å². The highest BCUT2D eigenvalue weighted by atomic mass is 14.6. The van der Waals surface area contributed by atoms with Crippen LogP contribution >= 0.6 is 0 Å². The van der Waals surface area contributed by atoms with Gasteiger partial charge in [-0.1, -0.05) is 45.4 Å². The molecule has 1 nitrogen and oxygen atoms in total. The molecule has 2 atom stereocenters. The van der Waals surface area contributed by atoms with Gasteiger partial charge in [0.1, 0.15) is 0 Å². The van der Waals surface area contributed by atoms with E-state index in [4.69, 9.17) is 5.73 Å². The first kappa shape index (κ1) is 13.4. The number of hydrogen-bond donors (Lipinski definition) is 1. The molecule has 2 fully saturated rings. The van der Waals surface area contributed by atoms with Crippen LogP contribution in [-0.4, -0.2) is 6.04 Å². The maximum absolute atomic E-state index is 5.96. The maximum Gasteiger partial charge on any atom is 0.00390 e. The third kappa shape index (κ3) is 4.62. The van der Waals surface area contributed by atoms with Gasteiger partial charge in [0.15, 0.2) is 0 Å². The zero-order chi connectivity index (χ0) is 12.1. The van der Waals surface area contributed by atoms with Gasteiger partial charge in [-0.05, 0) is 49.9 Å². The summed E-state index contributed by atoms with van der Waals surface area (Å²) >= 11 is 0. The Morgan fingerprint density at radius 2 is 1.59 bits per heavy atom. The van der Waals surface area contributed by atoms with E-state index < -0.39 is 0 Å². The van der Waals surface area contributed by atoms with Crippen LogP contribution in [0.15, 0.2) is 0 Å². The monoisotopic (exact) mass is 237 g/mol. The van der Waals surface area contributed by atoms with E-state index in [1.807, 2.05) is 0 Å². The molecule has 0 aromatic carbocycles. The van der Waals surface area contributed by atoms with E-state index in [0.29, 0.717) is 6.04 Å². The minimum absolute atomic E-state index is 0.519. The van der Waals surface area contributed by atoms with Gasteiger partial charge in [-0.25, -0.2) is 0 Å². The lowest BCUT2D eigenvalue weighted by molar-refractivity contribution is 0.247. The van der Waals surface area contributed by atoms with Gasteiger partial charge in [-0.15, -0.1) is 0 Å². The lowest BCUT2D eigenvalue weighted by Gasteiger charge is -2.29. The van der Waals surface area contributed by atoms with Crippen LogP contribution in [0.1, 0.15) is 77.6 Å². The first-order valence-corrected chi connectivity index (χ1v) is 7.99. The second-order valence-electron chi connectivity index (χ2n) is 6.85. The molecule has 0 aromatic heterocycles. The Morgan fingerprint density at radius 3 is 2.29 bits per heavy atom. The maximum atomic E-state index is 5.96. The van der Waals surface area contributed by atoms with E-state index in [1.165, 1.54) is 70.6 Å². The van der Waals surface area contributed by atoms with Crippen molar-refractivity contribution in [2.24, 2.45) is 23.5 Å². The average molecular weight is 237 g/mol. The van der Waals surface area contributed by atoms with Crippen LogP contribution in [0, 0.1) is 17.8 Å². The summed E-state index contributed by atoms with van der Waals surface area (Å²) in [5.74, 6) is 3.07. The second kappa shape index (κ2) is 6.78. The van der Waals surface area contributed by atoms with Crippen LogP contribution in [0.25, 0.3) is 0 Å². The van der Waals surface area contributed by atoms with Crippen molar-refractivity contribution >= 4 is 0 Å². The SMILES string of the molecule is C[C@H]1CCC[C@@H](CCC[C@H]2CC[C@H](N)CC2)C1. The molecular formula is C16H31N. The summed E-state index contributed by atoms with van der Waals surface area (Å²) < 4.78 is 0. The fourth-order valence-corrected chi connectivity index (χ4v) is 3.99. The Labute approximate surface area is 108 Å². The largest absolute Gasteiger partial charge is 0.328 e. The molecule has 0 saturated heterocycles. The molecule has 0 aliphatic heterocycles. The molecule has 0 bridgehead atoms. The summed E-state index contributed by atoms with van der Waals surface area (Å²) in [6.07, 6.45) is 15.8. The minimum atomic E-state index is 0.519. The van der Waals surface area contributed by atoms with Crippen LogP contribution in [0.3, 0.4) is 0 Å². The van der Waals surface area contributed by atoms with Gasteiger partial charge in [0, 0.05) is 6.04 Å². The Balaban J connectivity index is 1.56. The van der Waals surface area contributed by atoms with Crippen molar-refractivity contribution in [1.29, 1.82) is 0 Å². The third-order valence-electron chi connectivity index (χ3n) is 5.16. The molecule has 0 unspecified atom stereocenters. The van der Waals surface area contributed by atoms with E-state index in [0.717, 1.165) is 17.8 Å². The van der Waals surface area contributed by atoms with Crippen LogP contribution < -0.4 is 5.73 Å². The lowest BCUT2D eigenvalue weighted by Crippen LogP contribution is -2.26. The second-order valence-corrected chi connectivity index (χ2v) is 6.85. The van der Waals surface area contributed by atoms with Crippen molar-refractivity contribution in [3.8, 4) is 0 Å². The average Bonchev–Trinajstić information content (AvgIpc) is 2.32. The van der Waals surface area contributed by atoms with Crippen molar-refractivity contribution in [3.05, 3.63) is 0 Å². The Kier molecular flexibility index (Phi) is 5.34. The molecule has 100 valence electrons. The van der Waals surface area contributed by atoms with E-state index in [1.54, 1.807) is 0 Å². The van der Waals surface area contributed by atoms with Crippen LogP contribution in [0.4, 0.5) is 0 Å². The predicted molar refractivity (Wildman–Crippen MR) is 74.9 cm³/mol. The van der Waals surface area contributed by atoms with Gasteiger partial charge < -0.3 is 5.73 Å². The Hall–Kier alpha value is -0.0400. The van der Waals surface area contributed by atoms with Crippen molar-refractivity contribution in [3.63, 3.8) is 0 Å². The summed E-state index contributed by atoms with van der Waals surface area (Å²) in [5.41, 5.74) is 5.96. The van der Waals surface area contributed by atoms with Gasteiger partial charge in [0.05, 0.1) is 0 Å².